The maximum absolute atomic E-state index is 13.8. The van der Waals surface area contributed by atoms with Crippen molar-refractivity contribution in [1.29, 1.82) is 0 Å². The highest BCUT2D eigenvalue weighted by atomic mass is 16.4. The van der Waals surface area contributed by atoms with Crippen molar-refractivity contribution < 1.29 is 14.7 Å². The molecule has 1 saturated carbocycles. The van der Waals surface area contributed by atoms with E-state index in [9.17, 15) is 14.7 Å². The van der Waals surface area contributed by atoms with Crippen LogP contribution in [-0.4, -0.2) is 27.4 Å². The first-order valence-corrected chi connectivity index (χ1v) is 10.8. The lowest BCUT2D eigenvalue weighted by molar-refractivity contribution is -0.136. The number of anilines is 1. The Hall–Kier alpha value is -3.08. The molecule has 2 aromatic carbocycles. The smallest absolute Gasteiger partial charge is 0.336 e. The number of hydrogen-bond donors (Lipinski definition) is 2. The van der Waals surface area contributed by atoms with Gasteiger partial charge >= 0.3 is 5.97 Å². The molecule has 1 aliphatic heterocycles. The van der Waals surface area contributed by atoms with Crippen molar-refractivity contribution in [3.05, 3.63) is 77.5 Å². The van der Waals surface area contributed by atoms with Crippen molar-refractivity contribution in [2.45, 2.75) is 57.0 Å². The molecular formula is C25H28N2O3. The molecule has 30 heavy (non-hydrogen) atoms. The zero-order chi connectivity index (χ0) is 21.1. The molecule has 2 N–H and O–H groups in total. The number of hydrogen-bond acceptors (Lipinski definition) is 3. The van der Waals surface area contributed by atoms with E-state index in [0.717, 1.165) is 44.1 Å². The highest BCUT2D eigenvalue weighted by molar-refractivity contribution is 6.09. The minimum Gasteiger partial charge on any atom is -0.478 e. The first kappa shape index (κ1) is 20.2. The molecular weight excluding hydrogens is 376 g/mol. The molecule has 1 heterocycles. The molecule has 1 aliphatic carbocycles. The zero-order valence-electron chi connectivity index (χ0n) is 17.3. The lowest BCUT2D eigenvalue weighted by Crippen LogP contribution is -2.52. The van der Waals surface area contributed by atoms with Gasteiger partial charge in [0.2, 0.25) is 0 Å². The van der Waals surface area contributed by atoms with Crippen LogP contribution in [-0.2, 0) is 9.59 Å². The molecule has 1 amide bonds. The van der Waals surface area contributed by atoms with E-state index in [-0.39, 0.29) is 22.7 Å². The van der Waals surface area contributed by atoms with Crippen LogP contribution in [0.1, 0.15) is 57.1 Å². The van der Waals surface area contributed by atoms with Gasteiger partial charge in [0.1, 0.15) is 5.70 Å². The number of benzene rings is 2. The van der Waals surface area contributed by atoms with Gasteiger partial charge in [-0.3, -0.25) is 4.79 Å². The first-order valence-electron chi connectivity index (χ1n) is 10.8. The molecule has 0 bridgehead atoms. The SMILES string of the molecule is CCC1(N2C(=O)C(Nc3ccccc3)=C(C(=O)O)C2c2ccccc2)CCCCC1. The maximum Gasteiger partial charge on any atom is 0.336 e. The van der Waals surface area contributed by atoms with Crippen LogP contribution in [0.5, 0.6) is 0 Å². The van der Waals surface area contributed by atoms with E-state index < -0.39 is 12.0 Å². The van der Waals surface area contributed by atoms with Crippen molar-refractivity contribution in [1.82, 2.24) is 4.90 Å². The number of para-hydroxylation sites is 1. The summed E-state index contributed by atoms with van der Waals surface area (Å²) in [5.74, 6) is -1.27. The van der Waals surface area contributed by atoms with E-state index in [0.29, 0.717) is 5.69 Å². The summed E-state index contributed by atoms with van der Waals surface area (Å²) in [4.78, 5) is 28.2. The molecule has 1 fully saturated rings. The summed E-state index contributed by atoms with van der Waals surface area (Å²) in [7, 11) is 0. The summed E-state index contributed by atoms with van der Waals surface area (Å²) >= 11 is 0. The van der Waals surface area contributed by atoms with E-state index in [4.69, 9.17) is 0 Å². The number of aliphatic carboxylic acids is 1. The fourth-order valence-electron chi connectivity index (χ4n) is 5.04. The number of carbonyl (C=O) groups is 2. The van der Waals surface area contributed by atoms with Gasteiger partial charge in [0, 0.05) is 11.2 Å². The molecule has 5 nitrogen and oxygen atoms in total. The van der Waals surface area contributed by atoms with Gasteiger partial charge in [-0.15, -0.1) is 0 Å². The fourth-order valence-corrected chi connectivity index (χ4v) is 5.04. The topological polar surface area (TPSA) is 69.6 Å². The molecule has 5 heteroatoms. The van der Waals surface area contributed by atoms with E-state index in [1.807, 2.05) is 65.6 Å². The summed E-state index contributed by atoms with van der Waals surface area (Å²) in [6.07, 6.45) is 5.90. The Bertz CT molecular complexity index is 947. The molecule has 1 atom stereocenters. The van der Waals surface area contributed by atoms with Crippen LogP contribution in [0.4, 0.5) is 5.69 Å². The highest BCUT2D eigenvalue weighted by Crippen LogP contribution is 2.48. The molecule has 2 aliphatic rings. The van der Waals surface area contributed by atoms with Gasteiger partial charge in [0.05, 0.1) is 11.6 Å². The Kier molecular flexibility index (Phi) is 5.62. The minimum absolute atomic E-state index is 0.133. The molecule has 156 valence electrons. The van der Waals surface area contributed by atoms with Crippen molar-refractivity contribution in [3.63, 3.8) is 0 Å². The predicted molar refractivity (Wildman–Crippen MR) is 117 cm³/mol. The monoisotopic (exact) mass is 404 g/mol. The number of carbonyl (C=O) groups excluding carboxylic acids is 1. The second-order valence-electron chi connectivity index (χ2n) is 8.21. The van der Waals surface area contributed by atoms with E-state index >= 15 is 0 Å². The Morgan fingerprint density at radius 3 is 2.20 bits per heavy atom. The molecule has 2 aromatic rings. The summed E-state index contributed by atoms with van der Waals surface area (Å²) in [5.41, 5.74) is 1.54. The number of carboxylic acids is 1. The van der Waals surface area contributed by atoms with Crippen LogP contribution >= 0.6 is 0 Å². The summed E-state index contributed by atoms with van der Waals surface area (Å²) < 4.78 is 0. The third kappa shape index (κ3) is 3.49. The molecule has 1 unspecified atom stereocenters. The Labute approximate surface area is 177 Å². The summed E-state index contributed by atoms with van der Waals surface area (Å²) in [6, 6.07) is 18.3. The largest absolute Gasteiger partial charge is 0.478 e. The van der Waals surface area contributed by atoms with Crippen molar-refractivity contribution in [2.75, 3.05) is 5.32 Å². The Morgan fingerprint density at radius 2 is 1.63 bits per heavy atom. The number of rotatable bonds is 6. The van der Waals surface area contributed by atoms with Gasteiger partial charge in [0.25, 0.3) is 5.91 Å². The Morgan fingerprint density at radius 1 is 1.03 bits per heavy atom. The predicted octanol–water partition coefficient (Wildman–Crippen LogP) is 5.13. The molecule has 0 spiro atoms. The van der Waals surface area contributed by atoms with Gasteiger partial charge in [-0.1, -0.05) is 74.7 Å². The summed E-state index contributed by atoms with van der Waals surface area (Å²) in [6.45, 7) is 2.11. The van der Waals surface area contributed by atoms with Crippen LogP contribution < -0.4 is 5.32 Å². The maximum atomic E-state index is 13.8. The quantitative estimate of drug-likeness (QED) is 0.700. The number of amides is 1. The van der Waals surface area contributed by atoms with Crippen LogP contribution in [0.15, 0.2) is 71.9 Å². The number of nitrogens with one attached hydrogen (secondary N) is 1. The van der Waals surface area contributed by atoms with Crippen LogP contribution in [0, 0.1) is 0 Å². The first-order chi connectivity index (χ1) is 14.6. The average Bonchev–Trinajstić information content (AvgIpc) is 3.08. The second-order valence-corrected chi connectivity index (χ2v) is 8.21. The average molecular weight is 405 g/mol. The van der Waals surface area contributed by atoms with Crippen LogP contribution in [0.25, 0.3) is 0 Å². The lowest BCUT2D eigenvalue weighted by atomic mass is 9.77. The van der Waals surface area contributed by atoms with Crippen molar-refractivity contribution >= 4 is 17.6 Å². The Balaban J connectivity index is 1.86. The van der Waals surface area contributed by atoms with E-state index in [1.54, 1.807) is 0 Å². The van der Waals surface area contributed by atoms with Crippen LogP contribution in [0.2, 0.25) is 0 Å². The van der Waals surface area contributed by atoms with Gasteiger partial charge in [0.15, 0.2) is 0 Å². The number of nitrogens with zero attached hydrogens (tertiary/aromatic N) is 1. The highest BCUT2D eigenvalue weighted by Gasteiger charge is 2.52. The van der Waals surface area contributed by atoms with Gasteiger partial charge in [-0.25, -0.2) is 4.79 Å². The zero-order valence-corrected chi connectivity index (χ0v) is 17.3. The fraction of sp³-hybridized carbons (Fsp3) is 0.360. The third-order valence-electron chi connectivity index (χ3n) is 6.58. The standard InChI is InChI=1S/C25H28N2O3/c1-2-25(16-10-5-11-17-25)27-22(18-12-6-3-7-13-18)20(24(29)30)21(23(27)28)26-19-14-8-4-9-15-19/h3-4,6-9,12-15,22,26H,2,5,10-11,16-17H2,1H3,(H,29,30). The lowest BCUT2D eigenvalue weighted by Gasteiger charge is -2.47. The normalized spacial score (nSPS) is 21.0. The van der Waals surface area contributed by atoms with Gasteiger partial charge in [-0.05, 0) is 37.0 Å². The molecule has 0 saturated heterocycles. The van der Waals surface area contributed by atoms with Crippen LogP contribution in [0.3, 0.4) is 0 Å². The molecule has 4 rings (SSSR count). The second kappa shape index (κ2) is 8.34. The molecule has 0 radical (unpaired) electrons. The number of carboxylic acid groups (broad SMARTS) is 1. The molecule has 0 aromatic heterocycles. The van der Waals surface area contributed by atoms with Crippen molar-refractivity contribution in [2.24, 2.45) is 0 Å². The van der Waals surface area contributed by atoms with E-state index in [1.165, 1.54) is 0 Å². The van der Waals surface area contributed by atoms with E-state index in [2.05, 4.69) is 12.2 Å². The minimum atomic E-state index is -1.06. The summed E-state index contributed by atoms with van der Waals surface area (Å²) in [5, 5.41) is 13.3. The van der Waals surface area contributed by atoms with Crippen molar-refractivity contribution in [3.8, 4) is 0 Å². The third-order valence-corrected chi connectivity index (χ3v) is 6.58. The van der Waals surface area contributed by atoms with Gasteiger partial charge in [-0.2, -0.15) is 0 Å². The van der Waals surface area contributed by atoms with Gasteiger partial charge < -0.3 is 15.3 Å².